The molecule has 1 aromatic carbocycles. The van der Waals surface area contributed by atoms with Crippen LogP contribution in [0.15, 0.2) is 24.3 Å². The Balaban J connectivity index is 2.17. The van der Waals surface area contributed by atoms with E-state index in [0.29, 0.717) is 18.6 Å². The van der Waals surface area contributed by atoms with Crippen LogP contribution in [0.4, 0.5) is 0 Å². The van der Waals surface area contributed by atoms with E-state index >= 15 is 0 Å². The molecule has 0 aromatic heterocycles. The van der Waals surface area contributed by atoms with Crippen molar-refractivity contribution in [2.24, 2.45) is 11.7 Å². The Morgan fingerprint density at radius 1 is 1.40 bits per heavy atom. The van der Waals surface area contributed by atoms with E-state index in [-0.39, 0.29) is 6.10 Å². The number of benzene rings is 1. The van der Waals surface area contributed by atoms with E-state index in [1.165, 1.54) is 11.1 Å². The molecule has 0 aliphatic carbocycles. The van der Waals surface area contributed by atoms with E-state index < -0.39 is 0 Å². The molecule has 1 saturated heterocycles. The second-order valence-corrected chi connectivity index (χ2v) is 5.64. The Bertz CT molecular complexity index is 425. The molecule has 4 heteroatoms. The van der Waals surface area contributed by atoms with Gasteiger partial charge < -0.3 is 15.2 Å². The summed E-state index contributed by atoms with van der Waals surface area (Å²) in [4.78, 5) is 2.40. The predicted octanol–water partition coefficient (Wildman–Crippen LogP) is 1.97. The molecule has 0 radical (unpaired) electrons. The van der Waals surface area contributed by atoms with Crippen molar-refractivity contribution in [1.29, 1.82) is 0 Å². The molecular formula is C16H26N2O2. The van der Waals surface area contributed by atoms with Crippen molar-refractivity contribution in [2.45, 2.75) is 18.6 Å². The van der Waals surface area contributed by atoms with Crippen LogP contribution in [0.25, 0.3) is 0 Å². The van der Waals surface area contributed by atoms with Crippen LogP contribution in [0.1, 0.15) is 29.7 Å². The zero-order chi connectivity index (χ0) is 14.5. The average Bonchev–Trinajstić information content (AvgIpc) is 2.86. The zero-order valence-electron chi connectivity index (χ0n) is 12.7. The highest BCUT2D eigenvalue weighted by atomic mass is 16.5. The molecule has 1 aliphatic heterocycles. The van der Waals surface area contributed by atoms with Crippen molar-refractivity contribution >= 4 is 0 Å². The van der Waals surface area contributed by atoms with Crippen LogP contribution in [0.3, 0.4) is 0 Å². The molecule has 1 aromatic rings. The maximum Gasteiger partial charge on any atom is 0.105 e. The second-order valence-electron chi connectivity index (χ2n) is 5.64. The van der Waals surface area contributed by atoms with Gasteiger partial charge in [-0.3, -0.25) is 4.90 Å². The van der Waals surface area contributed by atoms with Crippen LogP contribution in [0.5, 0.6) is 0 Å². The van der Waals surface area contributed by atoms with E-state index in [0.717, 1.165) is 19.5 Å². The lowest BCUT2D eigenvalue weighted by Crippen LogP contribution is -2.20. The molecule has 0 spiro atoms. The molecule has 3 atom stereocenters. The molecule has 2 rings (SSSR count). The number of nitrogens with zero attached hydrogens (tertiary/aromatic N) is 1. The van der Waals surface area contributed by atoms with Crippen LogP contribution < -0.4 is 5.73 Å². The molecule has 3 unspecified atom stereocenters. The minimum Gasteiger partial charge on any atom is -0.382 e. The van der Waals surface area contributed by atoms with E-state index in [4.69, 9.17) is 15.2 Å². The number of nitrogens with two attached hydrogens (primary N) is 1. The third kappa shape index (κ3) is 3.38. The lowest BCUT2D eigenvalue weighted by Gasteiger charge is -2.22. The lowest BCUT2D eigenvalue weighted by molar-refractivity contribution is 0.0274. The van der Waals surface area contributed by atoms with Crippen molar-refractivity contribution in [3.05, 3.63) is 35.4 Å². The second kappa shape index (κ2) is 7.18. The summed E-state index contributed by atoms with van der Waals surface area (Å²) in [5.74, 6) is 0.603. The average molecular weight is 278 g/mol. The Morgan fingerprint density at radius 3 is 2.80 bits per heavy atom. The first kappa shape index (κ1) is 15.4. The first-order valence-corrected chi connectivity index (χ1v) is 7.21. The van der Waals surface area contributed by atoms with Gasteiger partial charge in [0.25, 0.3) is 0 Å². The molecule has 112 valence electrons. The van der Waals surface area contributed by atoms with Crippen LogP contribution in [-0.4, -0.2) is 45.9 Å². The molecule has 0 amide bonds. The van der Waals surface area contributed by atoms with Crippen molar-refractivity contribution in [3.63, 3.8) is 0 Å². The van der Waals surface area contributed by atoms with E-state index in [2.05, 4.69) is 36.2 Å². The zero-order valence-corrected chi connectivity index (χ0v) is 12.7. The number of ether oxygens (including phenoxy) is 2. The summed E-state index contributed by atoms with van der Waals surface area (Å²) < 4.78 is 10.7. The Morgan fingerprint density at radius 2 is 2.20 bits per heavy atom. The molecule has 4 nitrogen and oxygen atoms in total. The number of methoxy groups -OCH3 is 2. The highest BCUT2D eigenvalue weighted by molar-refractivity contribution is 5.28. The molecule has 0 bridgehead atoms. The molecule has 1 heterocycles. The van der Waals surface area contributed by atoms with Crippen molar-refractivity contribution < 1.29 is 9.47 Å². The third-order valence-electron chi connectivity index (χ3n) is 4.24. The summed E-state index contributed by atoms with van der Waals surface area (Å²) in [5, 5.41) is 0. The van der Waals surface area contributed by atoms with Gasteiger partial charge in [-0.1, -0.05) is 24.3 Å². The predicted molar refractivity (Wildman–Crippen MR) is 80.6 cm³/mol. The van der Waals surface area contributed by atoms with Gasteiger partial charge in [0.2, 0.25) is 0 Å². The van der Waals surface area contributed by atoms with Gasteiger partial charge in [0, 0.05) is 26.8 Å². The van der Waals surface area contributed by atoms with Gasteiger partial charge in [-0.05, 0) is 37.1 Å². The minimum absolute atomic E-state index is 0.00281. The van der Waals surface area contributed by atoms with Crippen LogP contribution in [-0.2, 0) is 9.47 Å². The normalized spacial score (nSPS) is 25.0. The van der Waals surface area contributed by atoms with Crippen LogP contribution in [0.2, 0.25) is 0 Å². The molecule has 0 saturated carbocycles. The number of hydrogen-bond donors (Lipinski definition) is 1. The van der Waals surface area contributed by atoms with E-state index in [1.807, 2.05) is 0 Å². The Kier molecular flexibility index (Phi) is 5.54. The Labute approximate surface area is 121 Å². The summed E-state index contributed by atoms with van der Waals surface area (Å²) in [5.41, 5.74) is 8.34. The van der Waals surface area contributed by atoms with Gasteiger partial charge in [0.1, 0.15) is 6.10 Å². The van der Waals surface area contributed by atoms with Gasteiger partial charge in [0.15, 0.2) is 0 Å². The van der Waals surface area contributed by atoms with E-state index in [9.17, 15) is 0 Å². The summed E-state index contributed by atoms with van der Waals surface area (Å²) in [6, 6.07) is 9.11. The molecule has 20 heavy (non-hydrogen) atoms. The third-order valence-corrected chi connectivity index (χ3v) is 4.24. The van der Waals surface area contributed by atoms with Crippen LogP contribution >= 0.6 is 0 Å². The smallest absolute Gasteiger partial charge is 0.105 e. The summed E-state index contributed by atoms with van der Waals surface area (Å²) in [6.45, 7) is 2.42. The molecule has 2 N–H and O–H groups in total. The van der Waals surface area contributed by atoms with Gasteiger partial charge in [-0.15, -0.1) is 0 Å². The number of hydrogen-bond acceptors (Lipinski definition) is 4. The van der Waals surface area contributed by atoms with Crippen molar-refractivity contribution in [3.8, 4) is 0 Å². The summed E-state index contributed by atoms with van der Waals surface area (Å²) >= 11 is 0. The number of rotatable bonds is 6. The highest BCUT2D eigenvalue weighted by Gasteiger charge is 2.29. The standard InChI is InChI=1S/C16H26N2O2/c1-18-10-12(9-17)7-15(18)13-5-4-6-14(8-13)16(20-3)11-19-2/h4-6,8,12,15-16H,7,9-11,17H2,1-3H3. The summed E-state index contributed by atoms with van der Waals surface area (Å²) in [6.07, 6.45) is 1.13. The first-order valence-electron chi connectivity index (χ1n) is 7.21. The van der Waals surface area contributed by atoms with Crippen molar-refractivity contribution in [1.82, 2.24) is 4.90 Å². The maximum atomic E-state index is 5.81. The fraction of sp³-hybridized carbons (Fsp3) is 0.625. The number of likely N-dealkylation sites (tertiary alicyclic amines) is 1. The quantitative estimate of drug-likeness (QED) is 0.864. The maximum absolute atomic E-state index is 5.81. The topological polar surface area (TPSA) is 47.7 Å². The van der Waals surface area contributed by atoms with Crippen LogP contribution in [0, 0.1) is 5.92 Å². The first-order chi connectivity index (χ1) is 9.69. The highest BCUT2D eigenvalue weighted by Crippen LogP contribution is 2.34. The van der Waals surface area contributed by atoms with E-state index in [1.54, 1.807) is 14.2 Å². The fourth-order valence-corrected chi connectivity index (χ4v) is 3.08. The monoisotopic (exact) mass is 278 g/mol. The van der Waals surface area contributed by atoms with Gasteiger partial charge >= 0.3 is 0 Å². The fourth-order valence-electron chi connectivity index (χ4n) is 3.08. The molecular weight excluding hydrogens is 252 g/mol. The van der Waals surface area contributed by atoms with Crippen molar-refractivity contribution in [2.75, 3.05) is 41.0 Å². The minimum atomic E-state index is -0.00281. The van der Waals surface area contributed by atoms with Gasteiger partial charge in [-0.2, -0.15) is 0 Å². The largest absolute Gasteiger partial charge is 0.382 e. The summed E-state index contributed by atoms with van der Waals surface area (Å²) in [7, 11) is 5.60. The SMILES string of the molecule is COCC(OC)c1cccc(C2CC(CN)CN2C)c1. The molecule has 1 aliphatic rings. The van der Waals surface area contributed by atoms with Gasteiger partial charge in [0.05, 0.1) is 6.61 Å². The Hall–Kier alpha value is -0.940. The van der Waals surface area contributed by atoms with Gasteiger partial charge in [-0.25, -0.2) is 0 Å². The lowest BCUT2D eigenvalue weighted by atomic mass is 9.97. The molecule has 1 fully saturated rings.